The molecule has 0 bridgehead atoms. The fourth-order valence-corrected chi connectivity index (χ4v) is 2.69. The normalized spacial score (nSPS) is 13.2. The molecule has 1 N–H and O–H groups in total. The molecule has 0 saturated heterocycles. The smallest absolute Gasteiger partial charge is 0.0409 e. The molecule has 0 saturated carbocycles. The molecule has 0 aliphatic carbocycles. The number of rotatable bonds is 9. The van der Waals surface area contributed by atoms with Gasteiger partial charge in [0.15, 0.2) is 0 Å². The van der Waals surface area contributed by atoms with E-state index in [4.69, 9.17) is 11.6 Å². The summed E-state index contributed by atoms with van der Waals surface area (Å²) in [5.41, 5.74) is 1.30. The Morgan fingerprint density at radius 3 is 2.65 bits per heavy atom. The van der Waals surface area contributed by atoms with Crippen molar-refractivity contribution in [2.24, 2.45) is 5.92 Å². The van der Waals surface area contributed by atoms with E-state index >= 15 is 0 Å². The first-order valence-electron chi connectivity index (χ1n) is 7.70. The number of nitrogens with zero attached hydrogens (tertiary/aromatic N) is 1. The standard InChI is InChI=1S/C17H29ClN2/c1-5-10-19-17(9-11-20(4)13-14(2)3)15-7-6-8-16(18)12-15/h6-8,12,14,17,19H,5,9-11,13H2,1-4H3. The van der Waals surface area contributed by atoms with E-state index in [9.17, 15) is 0 Å². The van der Waals surface area contributed by atoms with Gasteiger partial charge in [0.05, 0.1) is 0 Å². The first-order valence-corrected chi connectivity index (χ1v) is 8.08. The lowest BCUT2D eigenvalue weighted by Gasteiger charge is -2.24. The van der Waals surface area contributed by atoms with Crippen LogP contribution in [0.3, 0.4) is 0 Å². The Morgan fingerprint density at radius 2 is 2.05 bits per heavy atom. The van der Waals surface area contributed by atoms with Gasteiger partial charge in [0, 0.05) is 17.6 Å². The van der Waals surface area contributed by atoms with E-state index in [2.05, 4.69) is 50.2 Å². The predicted molar refractivity (Wildman–Crippen MR) is 89.4 cm³/mol. The van der Waals surface area contributed by atoms with Gasteiger partial charge in [0.1, 0.15) is 0 Å². The highest BCUT2D eigenvalue weighted by Gasteiger charge is 2.12. The molecule has 1 rings (SSSR count). The van der Waals surface area contributed by atoms with Crippen LogP contribution in [0.25, 0.3) is 0 Å². The minimum atomic E-state index is 0.392. The molecular formula is C17H29ClN2. The fraction of sp³-hybridized carbons (Fsp3) is 0.647. The van der Waals surface area contributed by atoms with Crippen molar-refractivity contribution in [3.8, 4) is 0 Å². The Balaban J connectivity index is 2.60. The summed E-state index contributed by atoms with van der Waals surface area (Å²) < 4.78 is 0. The number of hydrogen-bond donors (Lipinski definition) is 1. The minimum Gasteiger partial charge on any atom is -0.310 e. The van der Waals surface area contributed by atoms with Crippen LogP contribution in [0.4, 0.5) is 0 Å². The van der Waals surface area contributed by atoms with Crippen LogP contribution in [-0.2, 0) is 0 Å². The van der Waals surface area contributed by atoms with E-state index in [-0.39, 0.29) is 0 Å². The van der Waals surface area contributed by atoms with E-state index in [0.717, 1.165) is 37.5 Å². The molecule has 1 unspecified atom stereocenters. The van der Waals surface area contributed by atoms with Gasteiger partial charge in [-0.25, -0.2) is 0 Å². The second-order valence-electron chi connectivity index (χ2n) is 6.01. The van der Waals surface area contributed by atoms with Crippen molar-refractivity contribution in [1.82, 2.24) is 10.2 Å². The molecular weight excluding hydrogens is 268 g/mol. The van der Waals surface area contributed by atoms with Crippen molar-refractivity contribution in [1.29, 1.82) is 0 Å². The summed E-state index contributed by atoms with van der Waals surface area (Å²) >= 11 is 6.12. The van der Waals surface area contributed by atoms with Gasteiger partial charge in [-0.05, 0) is 56.6 Å². The molecule has 0 heterocycles. The van der Waals surface area contributed by atoms with E-state index in [1.165, 1.54) is 5.56 Å². The van der Waals surface area contributed by atoms with Crippen molar-refractivity contribution in [2.45, 2.75) is 39.7 Å². The molecule has 1 atom stereocenters. The average molecular weight is 297 g/mol. The molecule has 1 aromatic carbocycles. The van der Waals surface area contributed by atoms with Crippen LogP contribution in [0.2, 0.25) is 5.02 Å². The van der Waals surface area contributed by atoms with Gasteiger partial charge < -0.3 is 10.2 Å². The maximum Gasteiger partial charge on any atom is 0.0409 e. The van der Waals surface area contributed by atoms with Gasteiger partial charge in [-0.15, -0.1) is 0 Å². The summed E-state index contributed by atoms with van der Waals surface area (Å²) in [6.07, 6.45) is 2.27. The van der Waals surface area contributed by atoms with Crippen molar-refractivity contribution in [3.05, 3.63) is 34.9 Å². The molecule has 20 heavy (non-hydrogen) atoms. The van der Waals surface area contributed by atoms with Crippen molar-refractivity contribution in [3.63, 3.8) is 0 Å². The highest BCUT2D eigenvalue weighted by Crippen LogP contribution is 2.21. The molecule has 114 valence electrons. The Hall–Kier alpha value is -0.570. The van der Waals surface area contributed by atoms with E-state index < -0.39 is 0 Å². The monoisotopic (exact) mass is 296 g/mol. The summed E-state index contributed by atoms with van der Waals surface area (Å²) in [6.45, 7) is 10.0. The van der Waals surface area contributed by atoms with Crippen LogP contribution in [0.5, 0.6) is 0 Å². The zero-order chi connectivity index (χ0) is 15.0. The third kappa shape index (κ3) is 6.74. The van der Waals surface area contributed by atoms with E-state index in [1.54, 1.807) is 0 Å². The Kier molecular flexibility index (Phi) is 8.20. The molecule has 0 spiro atoms. The van der Waals surface area contributed by atoms with Gasteiger partial charge in [-0.2, -0.15) is 0 Å². The molecule has 2 nitrogen and oxygen atoms in total. The first-order chi connectivity index (χ1) is 9.52. The zero-order valence-electron chi connectivity index (χ0n) is 13.3. The van der Waals surface area contributed by atoms with Crippen LogP contribution >= 0.6 is 11.6 Å². The summed E-state index contributed by atoms with van der Waals surface area (Å²) in [5.74, 6) is 0.716. The van der Waals surface area contributed by atoms with Gasteiger partial charge in [0.25, 0.3) is 0 Å². The quantitative estimate of drug-likeness (QED) is 0.728. The summed E-state index contributed by atoms with van der Waals surface area (Å²) in [7, 11) is 2.20. The van der Waals surface area contributed by atoms with Crippen LogP contribution in [0.1, 0.15) is 45.2 Å². The highest BCUT2D eigenvalue weighted by atomic mass is 35.5. The SMILES string of the molecule is CCCNC(CCN(C)CC(C)C)c1cccc(Cl)c1. The van der Waals surface area contributed by atoms with Crippen LogP contribution in [0.15, 0.2) is 24.3 Å². The molecule has 0 fully saturated rings. The molecule has 1 aromatic rings. The summed E-state index contributed by atoms with van der Waals surface area (Å²) in [6, 6.07) is 8.62. The van der Waals surface area contributed by atoms with Crippen molar-refractivity contribution in [2.75, 3.05) is 26.7 Å². The second kappa shape index (κ2) is 9.38. The fourth-order valence-electron chi connectivity index (χ4n) is 2.49. The van der Waals surface area contributed by atoms with Crippen LogP contribution < -0.4 is 5.32 Å². The molecule has 0 radical (unpaired) electrons. The van der Waals surface area contributed by atoms with Crippen molar-refractivity contribution < 1.29 is 0 Å². The second-order valence-corrected chi connectivity index (χ2v) is 6.44. The zero-order valence-corrected chi connectivity index (χ0v) is 14.1. The lowest BCUT2D eigenvalue weighted by Crippen LogP contribution is -2.29. The maximum atomic E-state index is 6.12. The van der Waals surface area contributed by atoms with Gasteiger partial charge in [-0.1, -0.05) is 44.5 Å². The Labute approximate surface area is 129 Å². The number of benzene rings is 1. The lowest BCUT2D eigenvalue weighted by atomic mass is 10.0. The molecule has 0 aliphatic heterocycles. The van der Waals surface area contributed by atoms with Gasteiger partial charge in [-0.3, -0.25) is 0 Å². The summed E-state index contributed by atoms with van der Waals surface area (Å²) in [5, 5.41) is 4.46. The van der Waals surface area contributed by atoms with Crippen LogP contribution in [-0.4, -0.2) is 31.6 Å². The number of hydrogen-bond acceptors (Lipinski definition) is 2. The van der Waals surface area contributed by atoms with Crippen molar-refractivity contribution >= 4 is 11.6 Å². The number of halogens is 1. The number of nitrogens with one attached hydrogen (secondary N) is 1. The first kappa shape index (κ1) is 17.5. The molecule has 0 aromatic heterocycles. The van der Waals surface area contributed by atoms with Gasteiger partial charge in [0.2, 0.25) is 0 Å². The molecule has 0 aliphatic rings. The van der Waals surface area contributed by atoms with Gasteiger partial charge >= 0.3 is 0 Å². The average Bonchev–Trinajstić information content (AvgIpc) is 2.38. The van der Waals surface area contributed by atoms with E-state index in [0.29, 0.717) is 12.0 Å². The third-order valence-corrected chi connectivity index (χ3v) is 3.60. The topological polar surface area (TPSA) is 15.3 Å². The summed E-state index contributed by atoms with van der Waals surface area (Å²) in [4.78, 5) is 2.41. The molecule has 3 heteroatoms. The van der Waals surface area contributed by atoms with E-state index in [1.807, 2.05) is 12.1 Å². The van der Waals surface area contributed by atoms with Crippen LogP contribution in [0, 0.1) is 5.92 Å². The maximum absolute atomic E-state index is 6.12. The molecule has 0 amide bonds. The predicted octanol–water partition coefficient (Wildman–Crippen LogP) is 4.36. The highest BCUT2D eigenvalue weighted by molar-refractivity contribution is 6.30. The Bertz CT molecular complexity index is 379. The lowest BCUT2D eigenvalue weighted by molar-refractivity contribution is 0.276. The minimum absolute atomic E-state index is 0.392. The third-order valence-electron chi connectivity index (χ3n) is 3.37. The largest absolute Gasteiger partial charge is 0.310 e. The Morgan fingerprint density at radius 1 is 1.30 bits per heavy atom.